The Morgan fingerprint density at radius 2 is 1.78 bits per heavy atom. The van der Waals surface area contributed by atoms with E-state index < -0.39 is 17.6 Å². The number of alkyl halides is 3. The maximum absolute atomic E-state index is 14.2. The first kappa shape index (κ1) is 21.8. The predicted molar refractivity (Wildman–Crippen MR) is 110 cm³/mol. The molecule has 0 amide bonds. The second kappa shape index (κ2) is 8.58. The van der Waals surface area contributed by atoms with Crippen LogP contribution in [0.4, 0.5) is 17.6 Å². The van der Waals surface area contributed by atoms with Crippen molar-refractivity contribution in [3.05, 3.63) is 82.8 Å². The maximum atomic E-state index is 14.2. The van der Waals surface area contributed by atoms with Gasteiger partial charge < -0.3 is 4.74 Å². The zero-order valence-electron chi connectivity index (χ0n) is 16.6. The van der Waals surface area contributed by atoms with Crippen LogP contribution in [0.3, 0.4) is 0 Å². The third kappa shape index (κ3) is 4.57. The van der Waals surface area contributed by atoms with Crippen molar-refractivity contribution in [2.24, 2.45) is 7.05 Å². The van der Waals surface area contributed by atoms with Gasteiger partial charge in [0.05, 0.1) is 16.1 Å². The first-order valence-electron chi connectivity index (χ1n) is 9.33. The molecule has 0 atom stereocenters. The lowest BCUT2D eigenvalue weighted by molar-refractivity contribution is -0.137. The molecular weight excluding hydrogens is 448 g/mol. The quantitative estimate of drug-likeness (QED) is 0.345. The zero-order valence-corrected chi connectivity index (χ0v) is 17.3. The van der Waals surface area contributed by atoms with E-state index in [-0.39, 0.29) is 28.9 Å². The van der Waals surface area contributed by atoms with Gasteiger partial charge in [-0.1, -0.05) is 41.9 Å². The van der Waals surface area contributed by atoms with E-state index in [0.717, 1.165) is 23.4 Å². The topological polar surface area (TPSA) is 52.8 Å². The van der Waals surface area contributed by atoms with E-state index in [9.17, 15) is 17.6 Å². The number of halogens is 5. The van der Waals surface area contributed by atoms with Gasteiger partial charge in [-0.15, -0.1) is 0 Å². The average Bonchev–Trinajstić information content (AvgIpc) is 3.13. The highest BCUT2D eigenvalue weighted by atomic mass is 35.5. The Balaban J connectivity index is 1.48. The fraction of sp³-hybridized carbons (Fsp3) is 0.136. The largest absolute Gasteiger partial charge is 0.473 e. The van der Waals surface area contributed by atoms with Crippen LogP contribution in [-0.2, 0) is 19.8 Å². The summed E-state index contributed by atoms with van der Waals surface area (Å²) in [7, 11) is 1.69. The third-order valence-corrected chi connectivity index (χ3v) is 4.93. The fourth-order valence-electron chi connectivity index (χ4n) is 2.99. The summed E-state index contributed by atoms with van der Waals surface area (Å²) in [4.78, 5) is 8.09. The Labute approximate surface area is 185 Å². The molecule has 32 heavy (non-hydrogen) atoms. The number of hydrogen-bond donors (Lipinski definition) is 0. The van der Waals surface area contributed by atoms with Crippen LogP contribution in [-0.4, -0.2) is 19.7 Å². The first-order chi connectivity index (χ1) is 15.2. The molecule has 0 spiro atoms. The summed E-state index contributed by atoms with van der Waals surface area (Å²) in [6.07, 6.45) is -3.72. The number of benzene rings is 2. The van der Waals surface area contributed by atoms with Crippen molar-refractivity contribution in [2.75, 3.05) is 0 Å². The summed E-state index contributed by atoms with van der Waals surface area (Å²) in [5.74, 6) is 0.253. The van der Waals surface area contributed by atoms with Gasteiger partial charge >= 0.3 is 6.18 Å². The molecular formula is C22H15ClF4N4O. The van der Waals surface area contributed by atoms with Crippen LogP contribution < -0.4 is 4.74 Å². The van der Waals surface area contributed by atoms with Crippen LogP contribution in [0.1, 0.15) is 11.1 Å². The van der Waals surface area contributed by atoms with Gasteiger partial charge in [0, 0.05) is 24.9 Å². The number of nitrogens with zero attached hydrogens (tertiary/aromatic N) is 4. The molecule has 4 aromatic rings. The number of rotatable bonds is 5. The van der Waals surface area contributed by atoms with Gasteiger partial charge in [-0.05, 0) is 23.8 Å². The molecule has 0 N–H and O–H groups in total. The van der Waals surface area contributed by atoms with E-state index in [1.807, 2.05) is 0 Å². The lowest BCUT2D eigenvalue weighted by Crippen LogP contribution is -2.05. The zero-order chi connectivity index (χ0) is 22.9. The van der Waals surface area contributed by atoms with Crippen molar-refractivity contribution in [3.8, 4) is 28.7 Å². The second-order valence-corrected chi connectivity index (χ2v) is 7.25. The Bertz CT molecular complexity index is 1220. The second-order valence-electron chi connectivity index (χ2n) is 6.85. The van der Waals surface area contributed by atoms with Crippen molar-refractivity contribution in [1.29, 1.82) is 0 Å². The molecule has 4 rings (SSSR count). The van der Waals surface area contributed by atoms with Crippen molar-refractivity contribution in [3.63, 3.8) is 0 Å². The predicted octanol–water partition coefficient (Wildman–Crippen LogP) is 5.93. The SMILES string of the molecule is Cn1nc(-c2c(F)cccc2Cl)nc1-c1ccc(COc2ccc(C(F)(F)F)cn2)cc1. The van der Waals surface area contributed by atoms with Crippen LogP contribution in [0.15, 0.2) is 60.8 Å². The van der Waals surface area contributed by atoms with E-state index in [0.29, 0.717) is 5.82 Å². The Hall–Kier alpha value is -3.46. The lowest BCUT2D eigenvalue weighted by atomic mass is 10.1. The number of ether oxygens (including phenoxy) is 1. The van der Waals surface area contributed by atoms with E-state index in [2.05, 4.69) is 15.1 Å². The minimum absolute atomic E-state index is 0.0850. The van der Waals surface area contributed by atoms with Crippen LogP contribution in [0, 0.1) is 5.82 Å². The lowest BCUT2D eigenvalue weighted by Gasteiger charge is -2.08. The number of hydrogen-bond acceptors (Lipinski definition) is 4. The third-order valence-electron chi connectivity index (χ3n) is 4.61. The Morgan fingerprint density at radius 3 is 2.41 bits per heavy atom. The van der Waals surface area contributed by atoms with E-state index in [1.165, 1.54) is 22.9 Å². The molecule has 0 saturated carbocycles. The molecule has 10 heteroatoms. The normalized spacial score (nSPS) is 11.6. The van der Waals surface area contributed by atoms with Gasteiger partial charge in [-0.2, -0.15) is 18.3 Å². The van der Waals surface area contributed by atoms with Crippen LogP contribution in [0.5, 0.6) is 5.88 Å². The van der Waals surface area contributed by atoms with Crippen LogP contribution >= 0.6 is 11.6 Å². The summed E-state index contributed by atoms with van der Waals surface area (Å²) >= 11 is 6.10. The molecule has 5 nitrogen and oxygen atoms in total. The summed E-state index contributed by atoms with van der Waals surface area (Å²) in [6, 6.07) is 13.6. The molecule has 2 heterocycles. The van der Waals surface area contributed by atoms with Crippen molar-refractivity contribution in [1.82, 2.24) is 19.7 Å². The molecule has 0 aliphatic heterocycles. The number of aryl methyl sites for hydroxylation is 1. The minimum Gasteiger partial charge on any atom is -0.473 e. The Morgan fingerprint density at radius 1 is 1.03 bits per heavy atom. The number of aromatic nitrogens is 4. The van der Waals surface area contributed by atoms with Crippen LogP contribution in [0.25, 0.3) is 22.8 Å². The van der Waals surface area contributed by atoms with Gasteiger partial charge in [0.25, 0.3) is 0 Å². The molecule has 0 saturated heterocycles. The Kier molecular flexibility index (Phi) is 5.84. The summed E-state index contributed by atoms with van der Waals surface area (Å²) in [6.45, 7) is 0.119. The number of pyridine rings is 1. The molecule has 0 unspecified atom stereocenters. The molecule has 2 aromatic carbocycles. The standard InChI is InChI=1S/C22H15ClF4N4O/c1-31-21(29-20(30-31)19-16(23)3-2-4-17(19)24)14-7-5-13(6-8-14)12-32-18-10-9-15(11-28-18)22(25,26)27/h2-11H,12H2,1H3. The van der Waals surface area contributed by atoms with Gasteiger partial charge in [0.1, 0.15) is 12.4 Å². The minimum atomic E-state index is -4.45. The highest BCUT2D eigenvalue weighted by molar-refractivity contribution is 6.33. The van der Waals surface area contributed by atoms with E-state index in [1.54, 1.807) is 37.4 Å². The molecule has 0 aliphatic rings. The molecule has 0 aliphatic carbocycles. The van der Waals surface area contributed by atoms with Gasteiger partial charge in [-0.25, -0.2) is 19.0 Å². The smallest absolute Gasteiger partial charge is 0.417 e. The van der Waals surface area contributed by atoms with Gasteiger partial charge in [0.2, 0.25) is 5.88 Å². The average molecular weight is 463 g/mol. The van der Waals surface area contributed by atoms with Crippen molar-refractivity contribution < 1.29 is 22.3 Å². The summed E-state index contributed by atoms with van der Waals surface area (Å²) in [5, 5.41) is 4.48. The molecule has 0 bridgehead atoms. The maximum Gasteiger partial charge on any atom is 0.417 e. The monoisotopic (exact) mass is 462 g/mol. The van der Waals surface area contributed by atoms with Gasteiger partial charge in [-0.3, -0.25) is 0 Å². The van der Waals surface area contributed by atoms with E-state index >= 15 is 0 Å². The van der Waals surface area contributed by atoms with Gasteiger partial charge in [0.15, 0.2) is 11.6 Å². The van der Waals surface area contributed by atoms with Crippen molar-refractivity contribution >= 4 is 11.6 Å². The highest BCUT2D eigenvalue weighted by Gasteiger charge is 2.30. The highest BCUT2D eigenvalue weighted by Crippen LogP contribution is 2.31. The summed E-state index contributed by atoms with van der Waals surface area (Å²) in [5.41, 5.74) is 0.795. The van der Waals surface area contributed by atoms with Crippen LogP contribution in [0.2, 0.25) is 5.02 Å². The first-order valence-corrected chi connectivity index (χ1v) is 9.71. The summed E-state index contributed by atoms with van der Waals surface area (Å²) < 4.78 is 59.0. The van der Waals surface area contributed by atoms with Crippen molar-refractivity contribution in [2.45, 2.75) is 12.8 Å². The molecule has 0 fully saturated rings. The molecule has 0 radical (unpaired) electrons. The fourth-order valence-corrected chi connectivity index (χ4v) is 3.24. The molecule has 164 valence electrons. The molecule has 2 aromatic heterocycles. The van der Waals surface area contributed by atoms with E-state index in [4.69, 9.17) is 16.3 Å².